The highest BCUT2D eigenvalue weighted by Gasteiger charge is 2.12. The monoisotopic (exact) mass is 507 g/mol. The molecule has 8 heteroatoms. The van der Waals surface area contributed by atoms with Gasteiger partial charge in [-0.15, -0.1) is 0 Å². The van der Waals surface area contributed by atoms with Crippen LogP contribution < -0.4 is 15.4 Å². The fourth-order valence-electron chi connectivity index (χ4n) is 3.62. The van der Waals surface area contributed by atoms with Gasteiger partial charge in [-0.05, 0) is 78.1 Å². The lowest BCUT2D eigenvalue weighted by Crippen LogP contribution is -2.37. The van der Waals surface area contributed by atoms with Crippen molar-refractivity contribution in [1.29, 1.82) is 0 Å². The normalized spacial score (nSPS) is 11.0. The molecule has 0 radical (unpaired) electrons. The number of oxazole rings is 1. The topological polar surface area (TPSA) is 76.4 Å². The van der Waals surface area contributed by atoms with Crippen LogP contribution in [0.15, 0.2) is 65.1 Å². The van der Waals surface area contributed by atoms with E-state index in [1.807, 2.05) is 55.5 Å². The van der Waals surface area contributed by atoms with Crippen molar-refractivity contribution in [1.82, 2.24) is 10.3 Å². The summed E-state index contributed by atoms with van der Waals surface area (Å²) in [4.78, 5) is 16.8. The average Bonchev–Trinajstić information content (AvgIpc) is 3.20. The van der Waals surface area contributed by atoms with Gasteiger partial charge in [0.05, 0.1) is 0 Å². The smallest absolute Gasteiger partial charge is 0.264 e. The second-order valence-corrected chi connectivity index (χ2v) is 9.42. The molecule has 1 aromatic heterocycles. The minimum atomic E-state index is -0.327. The summed E-state index contributed by atoms with van der Waals surface area (Å²) in [6, 6.07) is 19.0. The van der Waals surface area contributed by atoms with E-state index in [0.29, 0.717) is 34.6 Å². The number of nitrogens with zero attached hydrogens (tertiary/aromatic N) is 1. The molecule has 6 nitrogen and oxygen atoms in total. The van der Waals surface area contributed by atoms with Crippen molar-refractivity contribution in [3.8, 4) is 5.75 Å². The van der Waals surface area contributed by atoms with E-state index in [4.69, 9.17) is 33.0 Å². The second-order valence-electron chi connectivity index (χ2n) is 8.58. The Morgan fingerprint density at radius 1 is 1.11 bits per heavy atom. The molecule has 0 fully saturated rings. The van der Waals surface area contributed by atoms with Crippen molar-refractivity contribution in [3.05, 3.63) is 88.3 Å². The Labute approximate surface area is 214 Å². The fourth-order valence-corrected chi connectivity index (χ4v) is 4.01. The lowest BCUT2D eigenvalue weighted by molar-refractivity contribution is -0.121. The zero-order chi connectivity index (χ0) is 24.9. The third-order valence-corrected chi connectivity index (χ3v) is 5.80. The maximum absolute atomic E-state index is 12.3. The number of nitrogens with one attached hydrogen (secondary N) is 2. The maximum atomic E-state index is 12.3. The van der Waals surface area contributed by atoms with Gasteiger partial charge in [0.1, 0.15) is 11.3 Å². The number of thiocarbonyl (C=S) groups is 1. The van der Waals surface area contributed by atoms with Crippen molar-refractivity contribution in [3.63, 3.8) is 0 Å². The molecule has 180 valence electrons. The highest BCUT2D eigenvalue weighted by atomic mass is 35.5. The van der Waals surface area contributed by atoms with Crippen LogP contribution in [0.4, 0.5) is 5.69 Å². The number of fused-ring (bicyclic) bond motifs is 1. The van der Waals surface area contributed by atoms with E-state index in [9.17, 15) is 4.79 Å². The van der Waals surface area contributed by atoms with Crippen LogP contribution in [0.2, 0.25) is 5.02 Å². The number of benzene rings is 3. The summed E-state index contributed by atoms with van der Waals surface area (Å²) in [6.07, 6.45) is 0.544. The molecule has 1 heterocycles. The molecule has 0 aliphatic rings. The van der Waals surface area contributed by atoms with Crippen molar-refractivity contribution in [2.24, 2.45) is 0 Å². The first-order chi connectivity index (χ1) is 16.8. The highest BCUT2D eigenvalue weighted by molar-refractivity contribution is 7.80. The summed E-state index contributed by atoms with van der Waals surface area (Å²) in [6.45, 7) is 6.04. The molecule has 0 bridgehead atoms. The first-order valence-corrected chi connectivity index (χ1v) is 12.0. The van der Waals surface area contributed by atoms with Crippen LogP contribution in [0.1, 0.15) is 42.3 Å². The Kier molecular flexibility index (Phi) is 7.68. The van der Waals surface area contributed by atoms with Gasteiger partial charge in [0, 0.05) is 17.1 Å². The van der Waals surface area contributed by atoms with E-state index in [1.165, 1.54) is 0 Å². The van der Waals surface area contributed by atoms with Crippen LogP contribution in [0.5, 0.6) is 5.75 Å². The summed E-state index contributed by atoms with van der Waals surface area (Å²) in [5.41, 5.74) is 5.35. The van der Waals surface area contributed by atoms with Gasteiger partial charge in [-0.2, -0.15) is 0 Å². The summed E-state index contributed by atoms with van der Waals surface area (Å²) in [7, 11) is 0. The standard InChI is InChI=1S/C27H26ClN3O3S/c1-16(2)21-10-4-17(3)12-24(21)33-15-25(32)31-27(35)29-20-8-5-18(6-9-20)13-26-30-22-14-19(28)7-11-23(22)34-26/h4-12,14,16H,13,15H2,1-3H3,(H2,29,31,32,35). The molecule has 2 N–H and O–H groups in total. The highest BCUT2D eigenvalue weighted by Crippen LogP contribution is 2.27. The Morgan fingerprint density at radius 3 is 2.63 bits per heavy atom. The molecular formula is C27H26ClN3O3S. The molecule has 35 heavy (non-hydrogen) atoms. The zero-order valence-electron chi connectivity index (χ0n) is 19.7. The van der Waals surface area contributed by atoms with E-state index in [0.717, 1.165) is 27.9 Å². The second kappa shape index (κ2) is 10.9. The van der Waals surface area contributed by atoms with Gasteiger partial charge in [-0.3, -0.25) is 10.1 Å². The fraction of sp³-hybridized carbons (Fsp3) is 0.222. The van der Waals surface area contributed by atoms with Gasteiger partial charge in [0.15, 0.2) is 23.2 Å². The van der Waals surface area contributed by atoms with Crippen LogP contribution >= 0.6 is 23.8 Å². The summed E-state index contributed by atoms with van der Waals surface area (Å²) in [5.74, 6) is 1.29. The third kappa shape index (κ3) is 6.59. The van der Waals surface area contributed by atoms with Crippen LogP contribution in [0, 0.1) is 6.92 Å². The molecule has 0 aliphatic carbocycles. The van der Waals surface area contributed by atoms with Crippen molar-refractivity contribution < 1.29 is 13.9 Å². The molecule has 0 saturated heterocycles. The number of ether oxygens (including phenoxy) is 1. The van der Waals surface area contributed by atoms with Crippen LogP contribution in [0.25, 0.3) is 11.1 Å². The van der Waals surface area contributed by atoms with Gasteiger partial charge in [-0.25, -0.2) is 4.98 Å². The van der Waals surface area contributed by atoms with E-state index in [2.05, 4.69) is 29.5 Å². The first kappa shape index (κ1) is 24.7. The van der Waals surface area contributed by atoms with E-state index in [-0.39, 0.29) is 17.6 Å². The predicted octanol–water partition coefficient (Wildman–Crippen LogP) is 6.40. The van der Waals surface area contributed by atoms with Gasteiger partial charge < -0.3 is 14.5 Å². The Balaban J connectivity index is 1.29. The number of hydrogen-bond acceptors (Lipinski definition) is 5. The molecule has 0 atom stereocenters. The third-order valence-electron chi connectivity index (χ3n) is 5.36. The van der Waals surface area contributed by atoms with E-state index in [1.54, 1.807) is 12.1 Å². The van der Waals surface area contributed by atoms with Crippen LogP contribution in [0.3, 0.4) is 0 Å². The molecule has 1 amide bonds. The zero-order valence-corrected chi connectivity index (χ0v) is 21.3. The van der Waals surface area contributed by atoms with Gasteiger partial charge in [0.25, 0.3) is 5.91 Å². The minimum Gasteiger partial charge on any atom is -0.483 e. The molecule has 0 saturated carbocycles. The molecule has 0 aliphatic heterocycles. The maximum Gasteiger partial charge on any atom is 0.264 e. The number of aryl methyl sites for hydroxylation is 1. The van der Waals surface area contributed by atoms with Gasteiger partial charge in [-0.1, -0.05) is 49.7 Å². The van der Waals surface area contributed by atoms with Crippen molar-refractivity contribution in [2.75, 3.05) is 11.9 Å². The van der Waals surface area contributed by atoms with Crippen molar-refractivity contribution >= 4 is 51.6 Å². The number of hydrogen-bond donors (Lipinski definition) is 2. The van der Waals surface area contributed by atoms with Crippen molar-refractivity contribution in [2.45, 2.75) is 33.1 Å². The molecule has 3 aromatic carbocycles. The lowest BCUT2D eigenvalue weighted by Gasteiger charge is -2.15. The summed E-state index contributed by atoms with van der Waals surface area (Å²) >= 11 is 11.3. The number of carbonyl (C=O) groups is 1. The molecule has 0 unspecified atom stereocenters. The predicted molar refractivity (Wildman–Crippen MR) is 143 cm³/mol. The Bertz CT molecular complexity index is 1370. The summed E-state index contributed by atoms with van der Waals surface area (Å²) in [5, 5.41) is 6.50. The Morgan fingerprint density at radius 2 is 1.89 bits per heavy atom. The molecular weight excluding hydrogens is 482 g/mol. The minimum absolute atomic E-state index is 0.125. The van der Waals surface area contributed by atoms with Crippen LogP contribution in [-0.4, -0.2) is 22.6 Å². The largest absolute Gasteiger partial charge is 0.483 e. The van der Waals surface area contributed by atoms with Gasteiger partial charge >= 0.3 is 0 Å². The number of anilines is 1. The first-order valence-electron chi connectivity index (χ1n) is 11.2. The molecule has 0 spiro atoms. The van der Waals surface area contributed by atoms with Crippen LogP contribution in [-0.2, 0) is 11.2 Å². The molecule has 4 aromatic rings. The van der Waals surface area contributed by atoms with E-state index >= 15 is 0 Å². The van der Waals surface area contributed by atoms with Gasteiger partial charge in [0.2, 0.25) is 0 Å². The average molecular weight is 508 g/mol. The number of carbonyl (C=O) groups excluding carboxylic acids is 1. The quantitative estimate of drug-likeness (QED) is 0.282. The lowest BCUT2D eigenvalue weighted by atomic mass is 10.0. The van der Waals surface area contributed by atoms with E-state index < -0.39 is 0 Å². The number of amides is 1. The number of rotatable bonds is 7. The summed E-state index contributed by atoms with van der Waals surface area (Å²) < 4.78 is 11.6. The molecule has 4 rings (SSSR count). The number of aromatic nitrogens is 1. The Hall–Kier alpha value is -3.42. The number of halogens is 1. The SMILES string of the molecule is Cc1ccc(C(C)C)c(OCC(=O)NC(=S)Nc2ccc(Cc3nc4cc(Cl)ccc4o3)cc2)c1.